The van der Waals surface area contributed by atoms with Gasteiger partial charge >= 0.3 is 0 Å². The van der Waals surface area contributed by atoms with E-state index < -0.39 is 0 Å². The standard InChI is InChI=1S/C27H21N3O3S3/c1-17-6-12-20(13-7-17)35-24-21(25(31)29-14-4-3-5-23(29)28-24)15-22-26(32)30(27(34)36-22)16-18-8-10-19(33-2)11-9-18/h3-15H,16H2,1-2H3. The third-order valence-electron chi connectivity index (χ3n) is 5.62. The van der Waals surface area contributed by atoms with Crippen molar-refractivity contribution in [2.45, 2.75) is 23.4 Å². The maximum Gasteiger partial charge on any atom is 0.266 e. The van der Waals surface area contributed by atoms with Crippen LogP contribution in [-0.2, 0) is 11.3 Å². The van der Waals surface area contributed by atoms with E-state index in [1.165, 1.54) is 27.9 Å². The summed E-state index contributed by atoms with van der Waals surface area (Å²) >= 11 is 8.11. The number of benzene rings is 2. The van der Waals surface area contributed by atoms with Gasteiger partial charge in [0.2, 0.25) is 0 Å². The maximum absolute atomic E-state index is 13.5. The van der Waals surface area contributed by atoms with Crippen molar-refractivity contribution in [1.82, 2.24) is 14.3 Å². The molecule has 1 aliphatic rings. The zero-order valence-corrected chi connectivity index (χ0v) is 22.0. The Morgan fingerprint density at radius 3 is 2.53 bits per heavy atom. The Balaban J connectivity index is 1.52. The zero-order chi connectivity index (χ0) is 25.2. The van der Waals surface area contributed by atoms with Gasteiger partial charge in [-0.25, -0.2) is 4.98 Å². The van der Waals surface area contributed by atoms with Gasteiger partial charge in [0.1, 0.15) is 20.7 Å². The predicted molar refractivity (Wildman–Crippen MR) is 148 cm³/mol. The summed E-state index contributed by atoms with van der Waals surface area (Å²) in [6.45, 7) is 2.36. The number of carbonyl (C=O) groups is 1. The molecule has 2 aromatic carbocycles. The average molecular weight is 532 g/mol. The summed E-state index contributed by atoms with van der Waals surface area (Å²) in [5.41, 5.74) is 2.73. The van der Waals surface area contributed by atoms with Crippen LogP contribution in [0.15, 0.2) is 92.5 Å². The smallest absolute Gasteiger partial charge is 0.266 e. The highest BCUT2D eigenvalue weighted by Gasteiger charge is 2.32. The highest BCUT2D eigenvalue weighted by Crippen LogP contribution is 2.36. The van der Waals surface area contributed by atoms with E-state index in [1.807, 2.05) is 61.5 Å². The van der Waals surface area contributed by atoms with Crippen molar-refractivity contribution >= 4 is 57.7 Å². The second kappa shape index (κ2) is 10.3. The van der Waals surface area contributed by atoms with E-state index in [-0.39, 0.29) is 11.5 Å². The van der Waals surface area contributed by atoms with Crippen LogP contribution in [0, 0.1) is 6.92 Å². The first kappa shape index (κ1) is 24.3. The van der Waals surface area contributed by atoms with Gasteiger partial charge < -0.3 is 4.74 Å². The molecule has 0 atom stereocenters. The topological polar surface area (TPSA) is 63.9 Å². The number of aryl methyl sites for hydroxylation is 1. The molecule has 0 spiro atoms. The van der Waals surface area contributed by atoms with Gasteiger partial charge in [-0.05, 0) is 55.0 Å². The van der Waals surface area contributed by atoms with Crippen molar-refractivity contribution in [2.75, 3.05) is 7.11 Å². The molecule has 1 amide bonds. The first-order valence-corrected chi connectivity index (χ1v) is 13.1. The quantitative estimate of drug-likeness (QED) is 0.183. The lowest BCUT2D eigenvalue weighted by molar-refractivity contribution is -0.122. The number of methoxy groups -OCH3 is 1. The fraction of sp³-hybridized carbons (Fsp3) is 0.111. The summed E-state index contributed by atoms with van der Waals surface area (Å²) in [5.74, 6) is 0.511. The molecule has 36 heavy (non-hydrogen) atoms. The number of ether oxygens (including phenoxy) is 1. The lowest BCUT2D eigenvalue weighted by atomic mass is 10.2. The number of hydrogen-bond donors (Lipinski definition) is 0. The van der Waals surface area contributed by atoms with Gasteiger partial charge in [0.25, 0.3) is 11.5 Å². The van der Waals surface area contributed by atoms with Gasteiger partial charge in [-0.1, -0.05) is 71.6 Å². The summed E-state index contributed by atoms with van der Waals surface area (Å²) in [6.07, 6.45) is 3.30. The molecule has 0 N–H and O–H groups in total. The van der Waals surface area contributed by atoms with Crippen LogP contribution in [0.3, 0.4) is 0 Å². The molecule has 1 saturated heterocycles. The largest absolute Gasteiger partial charge is 0.497 e. The monoisotopic (exact) mass is 531 g/mol. The number of pyridine rings is 1. The highest BCUT2D eigenvalue weighted by atomic mass is 32.2. The minimum Gasteiger partial charge on any atom is -0.497 e. The maximum atomic E-state index is 13.5. The highest BCUT2D eigenvalue weighted by molar-refractivity contribution is 8.26. The lowest BCUT2D eigenvalue weighted by Crippen LogP contribution is -2.27. The van der Waals surface area contributed by atoms with E-state index in [4.69, 9.17) is 21.9 Å². The third kappa shape index (κ3) is 4.95. The average Bonchev–Trinajstić information content (AvgIpc) is 3.15. The summed E-state index contributed by atoms with van der Waals surface area (Å²) in [5, 5.41) is 0.537. The number of amides is 1. The molecule has 6 nitrogen and oxygen atoms in total. The predicted octanol–water partition coefficient (Wildman–Crippen LogP) is 5.56. The van der Waals surface area contributed by atoms with Crippen LogP contribution in [0.2, 0.25) is 0 Å². The zero-order valence-electron chi connectivity index (χ0n) is 19.5. The lowest BCUT2D eigenvalue weighted by Gasteiger charge is -2.14. The van der Waals surface area contributed by atoms with Gasteiger partial charge in [-0.15, -0.1) is 0 Å². The van der Waals surface area contributed by atoms with Gasteiger partial charge in [0.05, 0.1) is 24.1 Å². The van der Waals surface area contributed by atoms with Gasteiger partial charge in [0.15, 0.2) is 0 Å². The fourth-order valence-electron chi connectivity index (χ4n) is 3.68. The third-order valence-corrected chi connectivity index (χ3v) is 8.01. The van der Waals surface area contributed by atoms with E-state index in [2.05, 4.69) is 0 Å². The molecule has 0 radical (unpaired) electrons. The molecular formula is C27H21N3O3S3. The van der Waals surface area contributed by atoms with Crippen LogP contribution in [0.5, 0.6) is 5.75 Å². The Morgan fingerprint density at radius 1 is 1.06 bits per heavy atom. The van der Waals surface area contributed by atoms with E-state index in [0.717, 1.165) is 21.8 Å². The van der Waals surface area contributed by atoms with Crippen molar-refractivity contribution < 1.29 is 9.53 Å². The normalized spacial score (nSPS) is 14.7. The SMILES string of the molecule is COc1ccc(CN2C(=O)C(=Cc3c(Sc4ccc(C)cc4)nc4ccccn4c3=O)SC2=S)cc1. The molecule has 1 fully saturated rings. The minimum atomic E-state index is -0.240. The first-order valence-electron chi connectivity index (χ1n) is 11.1. The molecule has 0 unspecified atom stereocenters. The molecule has 2 aromatic heterocycles. The van der Waals surface area contributed by atoms with Gasteiger partial charge in [-0.3, -0.25) is 18.9 Å². The van der Waals surface area contributed by atoms with Crippen molar-refractivity contribution in [3.8, 4) is 5.75 Å². The molecule has 4 aromatic rings. The van der Waals surface area contributed by atoms with E-state index in [1.54, 1.807) is 36.4 Å². The number of fused-ring (bicyclic) bond motifs is 1. The summed E-state index contributed by atoms with van der Waals surface area (Å²) in [7, 11) is 1.61. The Labute approximate surface area is 222 Å². The Kier molecular flexibility index (Phi) is 6.95. The molecular weight excluding hydrogens is 511 g/mol. The Hall–Kier alpha value is -3.40. The van der Waals surface area contributed by atoms with E-state index in [9.17, 15) is 9.59 Å². The van der Waals surface area contributed by atoms with Crippen LogP contribution in [0.25, 0.3) is 11.7 Å². The van der Waals surface area contributed by atoms with Crippen LogP contribution in [0.1, 0.15) is 16.7 Å². The van der Waals surface area contributed by atoms with Crippen LogP contribution >= 0.6 is 35.7 Å². The molecule has 5 rings (SSSR count). The first-order chi connectivity index (χ1) is 17.4. The molecule has 0 aliphatic carbocycles. The molecule has 0 bridgehead atoms. The fourth-order valence-corrected chi connectivity index (χ4v) is 5.81. The molecule has 0 saturated carbocycles. The minimum absolute atomic E-state index is 0.232. The molecule has 3 heterocycles. The van der Waals surface area contributed by atoms with Crippen LogP contribution < -0.4 is 10.3 Å². The Morgan fingerprint density at radius 2 is 1.81 bits per heavy atom. The number of nitrogens with zero attached hydrogens (tertiary/aromatic N) is 3. The van der Waals surface area contributed by atoms with Crippen molar-refractivity contribution in [1.29, 1.82) is 0 Å². The number of thiocarbonyl (C=S) groups is 1. The summed E-state index contributed by atoms with van der Waals surface area (Å²) in [6, 6.07) is 20.9. The molecule has 9 heteroatoms. The summed E-state index contributed by atoms with van der Waals surface area (Å²) in [4.78, 5) is 34.5. The van der Waals surface area contributed by atoms with Crippen LogP contribution in [-0.4, -0.2) is 31.6 Å². The van der Waals surface area contributed by atoms with Gasteiger partial charge in [-0.2, -0.15) is 0 Å². The van der Waals surface area contributed by atoms with Crippen LogP contribution in [0.4, 0.5) is 0 Å². The van der Waals surface area contributed by atoms with Crippen molar-refractivity contribution in [3.63, 3.8) is 0 Å². The molecule has 180 valence electrons. The Bertz CT molecular complexity index is 1560. The number of aromatic nitrogens is 2. The van der Waals surface area contributed by atoms with Crippen molar-refractivity contribution in [2.24, 2.45) is 0 Å². The second-order valence-corrected chi connectivity index (χ2v) is 10.8. The molecule has 1 aliphatic heterocycles. The second-order valence-electron chi connectivity index (χ2n) is 8.10. The summed E-state index contributed by atoms with van der Waals surface area (Å²) < 4.78 is 7.14. The van der Waals surface area contributed by atoms with E-state index >= 15 is 0 Å². The van der Waals surface area contributed by atoms with Gasteiger partial charge in [0, 0.05) is 11.1 Å². The van der Waals surface area contributed by atoms with Crippen molar-refractivity contribution in [3.05, 3.63) is 105 Å². The van der Waals surface area contributed by atoms with E-state index in [0.29, 0.717) is 32.0 Å². The number of rotatable bonds is 6. The number of carbonyl (C=O) groups excluding carboxylic acids is 1. The number of hydrogen-bond acceptors (Lipinski definition) is 7. The number of thioether (sulfide) groups is 1.